The fraction of sp³-hybridized carbons (Fsp3) is 0.333. The molecule has 0 atom stereocenters. The highest BCUT2D eigenvalue weighted by Crippen LogP contribution is 2.29. The number of aromatic hydroxyl groups is 1. The number of hydrogen-bond donors (Lipinski definition) is 3. The Hall–Kier alpha value is -1.46. The maximum atomic E-state index is 11.4. The van der Waals surface area contributed by atoms with Crippen LogP contribution in [-0.2, 0) is 0 Å². The highest BCUT2D eigenvalue weighted by Gasteiger charge is 2.12. The number of benzene rings is 1. The van der Waals surface area contributed by atoms with E-state index in [2.05, 4.69) is 15.8 Å². The molecule has 0 heterocycles. The van der Waals surface area contributed by atoms with Gasteiger partial charge < -0.3 is 10.4 Å². The zero-order chi connectivity index (χ0) is 14.6. The zero-order valence-electron chi connectivity index (χ0n) is 10.8. The number of hydrazone groups is 1. The fourth-order valence-electron chi connectivity index (χ4n) is 1.21. The fourth-order valence-corrected chi connectivity index (χ4v) is 1.72. The maximum Gasteiger partial charge on any atom is 0.335 e. The van der Waals surface area contributed by atoms with Crippen LogP contribution in [0.15, 0.2) is 17.2 Å². The molecule has 1 rings (SSSR count). The molecule has 1 aromatic carbocycles. The molecule has 1 aromatic rings. The van der Waals surface area contributed by atoms with E-state index in [0.29, 0.717) is 10.6 Å². The number of hydrogen-bond acceptors (Lipinski definition) is 3. The predicted molar refractivity (Wildman–Crippen MR) is 77.1 cm³/mol. The first kappa shape index (κ1) is 15.6. The lowest BCUT2D eigenvalue weighted by Crippen LogP contribution is -2.44. The van der Waals surface area contributed by atoms with E-state index >= 15 is 0 Å². The average molecular weight is 304 g/mol. The summed E-state index contributed by atoms with van der Waals surface area (Å²) in [7, 11) is 0. The molecule has 0 radical (unpaired) electrons. The Kier molecular flexibility index (Phi) is 5.03. The molecular formula is C12H15Cl2N3O2. The first-order chi connectivity index (χ1) is 8.69. The van der Waals surface area contributed by atoms with Gasteiger partial charge >= 0.3 is 6.03 Å². The first-order valence-electron chi connectivity index (χ1n) is 5.48. The molecule has 0 bridgehead atoms. The average Bonchev–Trinajstić information content (AvgIpc) is 2.22. The van der Waals surface area contributed by atoms with Crippen molar-refractivity contribution in [1.82, 2.24) is 10.7 Å². The van der Waals surface area contributed by atoms with Gasteiger partial charge in [0.15, 0.2) is 0 Å². The van der Waals surface area contributed by atoms with Crippen LogP contribution >= 0.6 is 23.2 Å². The van der Waals surface area contributed by atoms with E-state index in [1.54, 1.807) is 0 Å². The lowest BCUT2D eigenvalue weighted by Gasteiger charge is -2.19. The molecule has 0 aliphatic rings. The number of amides is 2. The Balaban J connectivity index is 2.71. The van der Waals surface area contributed by atoms with Crippen LogP contribution in [0.5, 0.6) is 5.75 Å². The smallest absolute Gasteiger partial charge is 0.335 e. The van der Waals surface area contributed by atoms with E-state index < -0.39 is 6.03 Å². The van der Waals surface area contributed by atoms with E-state index in [4.69, 9.17) is 23.2 Å². The van der Waals surface area contributed by atoms with Gasteiger partial charge in [0.25, 0.3) is 0 Å². The van der Waals surface area contributed by atoms with Gasteiger partial charge in [-0.15, -0.1) is 0 Å². The van der Waals surface area contributed by atoms with Crippen LogP contribution in [0.2, 0.25) is 10.0 Å². The third kappa shape index (κ3) is 5.36. The highest BCUT2D eigenvalue weighted by molar-refractivity contribution is 6.36. The monoisotopic (exact) mass is 303 g/mol. The van der Waals surface area contributed by atoms with Gasteiger partial charge in [-0.25, -0.2) is 10.2 Å². The van der Waals surface area contributed by atoms with E-state index in [1.165, 1.54) is 18.3 Å². The van der Waals surface area contributed by atoms with Crippen LogP contribution < -0.4 is 10.7 Å². The van der Waals surface area contributed by atoms with Crippen molar-refractivity contribution in [2.45, 2.75) is 26.3 Å². The molecule has 7 heteroatoms. The Bertz CT molecular complexity index is 510. The lowest BCUT2D eigenvalue weighted by molar-refractivity contribution is 0.232. The summed E-state index contributed by atoms with van der Waals surface area (Å²) < 4.78 is 0. The van der Waals surface area contributed by atoms with Crippen molar-refractivity contribution in [3.8, 4) is 5.75 Å². The number of phenolic OH excluding ortho intramolecular Hbond substituents is 1. The van der Waals surface area contributed by atoms with Crippen molar-refractivity contribution in [3.63, 3.8) is 0 Å². The highest BCUT2D eigenvalue weighted by atomic mass is 35.5. The number of carbonyl (C=O) groups excluding carboxylic acids is 1. The second-order valence-corrected chi connectivity index (χ2v) is 5.74. The number of nitrogens with one attached hydrogen (secondary N) is 2. The minimum absolute atomic E-state index is 0.119. The molecule has 104 valence electrons. The minimum atomic E-state index is -0.448. The quantitative estimate of drug-likeness (QED) is 0.580. The summed E-state index contributed by atoms with van der Waals surface area (Å²) in [6.07, 6.45) is 1.26. The number of nitrogens with zero attached hydrogens (tertiary/aromatic N) is 1. The number of phenols is 1. The molecule has 0 saturated heterocycles. The molecule has 19 heavy (non-hydrogen) atoms. The first-order valence-corrected chi connectivity index (χ1v) is 6.24. The van der Waals surface area contributed by atoms with E-state index in [9.17, 15) is 9.90 Å². The van der Waals surface area contributed by atoms with Crippen molar-refractivity contribution in [2.75, 3.05) is 0 Å². The Morgan fingerprint density at radius 2 is 2.00 bits per heavy atom. The van der Waals surface area contributed by atoms with Gasteiger partial charge in [-0.2, -0.15) is 5.10 Å². The molecule has 0 fully saturated rings. The molecule has 3 N–H and O–H groups in total. The summed E-state index contributed by atoms with van der Waals surface area (Å²) in [6.45, 7) is 5.54. The summed E-state index contributed by atoms with van der Waals surface area (Å²) in [4.78, 5) is 11.4. The van der Waals surface area contributed by atoms with Crippen LogP contribution in [0.1, 0.15) is 26.3 Å². The maximum absolute atomic E-state index is 11.4. The third-order valence-corrected chi connectivity index (χ3v) is 2.42. The largest absolute Gasteiger partial charge is 0.506 e. The molecular weight excluding hydrogens is 289 g/mol. The van der Waals surface area contributed by atoms with Gasteiger partial charge in [-0.3, -0.25) is 0 Å². The van der Waals surface area contributed by atoms with Gasteiger partial charge in [0, 0.05) is 16.1 Å². The number of urea groups is 1. The zero-order valence-corrected chi connectivity index (χ0v) is 12.3. The molecule has 0 aliphatic carbocycles. The SMILES string of the molecule is CC(C)(C)NC(=O)N/N=C/c1cc(Cl)cc(Cl)c1O. The number of halogens is 2. The van der Waals surface area contributed by atoms with Gasteiger partial charge in [0.2, 0.25) is 0 Å². The van der Waals surface area contributed by atoms with Crippen molar-refractivity contribution in [1.29, 1.82) is 0 Å². The van der Waals surface area contributed by atoms with Gasteiger partial charge in [-0.05, 0) is 32.9 Å². The second-order valence-electron chi connectivity index (χ2n) is 4.90. The van der Waals surface area contributed by atoms with Gasteiger partial charge in [-0.1, -0.05) is 23.2 Å². The lowest BCUT2D eigenvalue weighted by atomic mass is 10.1. The summed E-state index contributed by atoms with van der Waals surface area (Å²) in [5, 5.41) is 16.5. The molecule has 0 aromatic heterocycles. The summed E-state index contributed by atoms with van der Waals surface area (Å²) in [5.41, 5.74) is 2.23. The topological polar surface area (TPSA) is 73.7 Å². The number of carbonyl (C=O) groups is 1. The van der Waals surface area contributed by atoms with Crippen LogP contribution in [0.4, 0.5) is 4.79 Å². The molecule has 2 amide bonds. The third-order valence-electron chi connectivity index (χ3n) is 1.92. The van der Waals surface area contributed by atoms with Gasteiger partial charge in [0.1, 0.15) is 5.75 Å². The number of rotatable bonds is 2. The Morgan fingerprint density at radius 3 is 2.58 bits per heavy atom. The second kappa shape index (κ2) is 6.12. The Morgan fingerprint density at radius 1 is 1.37 bits per heavy atom. The van der Waals surface area contributed by atoms with Crippen molar-refractivity contribution >= 4 is 35.4 Å². The molecule has 0 unspecified atom stereocenters. The molecule has 0 aliphatic heterocycles. The molecule has 0 spiro atoms. The minimum Gasteiger partial charge on any atom is -0.506 e. The van der Waals surface area contributed by atoms with Crippen LogP contribution in [0.25, 0.3) is 0 Å². The van der Waals surface area contributed by atoms with E-state index in [-0.39, 0.29) is 16.3 Å². The summed E-state index contributed by atoms with van der Waals surface area (Å²) in [5.74, 6) is -0.146. The van der Waals surface area contributed by atoms with Crippen LogP contribution in [0, 0.1) is 0 Å². The van der Waals surface area contributed by atoms with Crippen molar-refractivity contribution in [2.24, 2.45) is 5.10 Å². The van der Waals surface area contributed by atoms with Crippen LogP contribution in [0.3, 0.4) is 0 Å². The molecule has 5 nitrogen and oxygen atoms in total. The summed E-state index contributed by atoms with van der Waals surface area (Å²) >= 11 is 11.5. The molecule has 0 saturated carbocycles. The van der Waals surface area contributed by atoms with Crippen LogP contribution in [-0.4, -0.2) is 22.9 Å². The van der Waals surface area contributed by atoms with E-state index in [1.807, 2.05) is 20.8 Å². The summed E-state index contributed by atoms with van der Waals surface area (Å²) in [6, 6.07) is 2.45. The predicted octanol–water partition coefficient (Wildman–Crippen LogP) is 3.13. The normalized spacial score (nSPS) is 11.6. The standard InChI is InChI=1S/C12H15Cl2N3O2/c1-12(2,3)16-11(19)17-15-6-7-4-8(13)5-9(14)10(7)18/h4-6,18H,1-3H3,(H2,16,17,19)/b15-6+. The van der Waals surface area contributed by atoms with Gasteiger partial charge in [0.05, 0.1) is 11.2 Å². The van der Waals surface area contributed by atoms with E-state index in [0.717, 1.165) is 0 Å². The Labute approximate surface area is 121 Å². The van der Waals surface area contributed by atoms with Crippen molar-refractivity contribution < 1.29 is 9.90 Å². The van der Waals surface area contributed by atoms with Crippen molar-refractivity contribution in [3.05, 3.63) is 27.7 Å².